The predicted octanol–water partition coefficient (Wildman–Crippen LogP) is 9.58. The van der Waals surface area contributed by atoms with E-state index in [0.29, 0.717) is 82.0 Å². The van der Waals surface area contributed by atoms with Crippen LogP contribution in [-0.2, 0) is 30.8 Å². The third kappa shape index (κ3) is 11.8. The highest BCUT2D eigenvalue weighted by molar-refractivity contribution is 7.99. The van der Waals surface area contributed by atoms with Crippen LogP contribution in [0.2, 0.25) is 5.02 Å². The van der Waals surface area contributed by atoms with Crippen LogP contribution in [0.5, 0.6) is 0 Å². The molecule has 64 heavy (non-hydrogen) atoms. The Morgan fingerprint density at radius 2 is 1.48 bits per heavy atom. The van der Waals surface area contributed by atoms with Crippen molar-refractivity contribution in [2.24, 2.45) is 11.8 Å². The number of nitrogens with zero attached hydrogens (tertiary/aromatic N) is 2. The number of ketones is 1. The Morgan fingerprint density at radius 1 is 0.828 bits per heavy atom. The van der Waals surface area contributed by atoms with Gasteiger partial charge in [-0.25, -0.2) is 16.8 Å². The Bertz CT molecular complexity index is 2590. The second-order valence-electron chi connectivity index (χ2n) is 16.2. The van der Waals surface area contributed by atoms with E-state index in [0.717, 1.165) is 39.4 Å². The number of hydrogen-bond acceptors (Lipinski definition) is 10. The van der Waals surface area contributed by atoms with Crippen molar-refractivity contribution >= 4 is 54.5 Å². The van der Waals surface area contributed by atoms with Gasteiger partial charge in [-0.3, -0.25) is 9.69 Å². The third-order valence-corrected chi connectivity index (χ3v) is 16.7. The molecule has 5 aromatic carbocycles. The number of hydrogen-bond donors (Lipinski definition) is 1. The lowest BCUT2D eigenvalue weighted by molar-refractivity contribution is -0.0436. The van der Waals surface area contributed by atoms with Gasteiger partial charge in [-0.1, -0.05) is 72.3 Å². The number of thioether (sulfide) groups is 1. The molecule has 340 valence electrons. The molecule has 7 rings (SSSR count). The third-order valence-electron chi connectivity index (χ3n) is 12.0. The van der Waals surface area contributed by atoms with Crippen molar-refractivity contribution in [1.29, 1.82) is 0 Å². The number of carbonyl (C=O) groups excluding carboxylic acids is 1. The van der Waals surface area contributed by atoms with E-state index in [2.05, 4.69) is 9.80 Å². The molecule has 1 N–H and O–H groups in total. The lowest BCUT2D eigenvalue weighted by Gasteiger charge is -2.36. The molecule has 2 heterocycles. The highest BCUT2D eigenvalue weighted by atomic mass is 35.5. The topological polar surface area (TPSA) is 121 Å². The molecule has 0 saturated carbocycles. The van der Waals surface area contributed by atoms with Gasteiger partial charge in [0.15, 0.2) is 15.6 Å². The van der Waals surface area contributed by atoms with Crippen molar-refractivity contribution in [3.63, 3.8) is 0 Å². The summed E-state index contributed by atoms with van der Waals surface area (Å²) in [5.41, 5.74) is -2.21. The van der Waals surface area contributed by atoms with Crippen LogP contribution in [0.3, 0.4) is 0 Å². The second-order valence-corrected chi connectivity index (χ2v) is 21.7. The summed E-state index contributed by atoms with van der Waals surface area (Å²) in [6, 6.07) is 33.9. The molecule has 2 saturated heterocycles. The maximum atomic E-state index is 14.2. The van der Waals surface area contributed by atoms with Gasteiger partial charge in [0.25, 0.3) is 9.84 Å². The highest BCUT2D eigenvalue weighted by Crippen LogP contribution is 2.39. The molecule has 2 fully saturated rings. The monoisotopic (exact) mass is 954 g/mol. The number of morpholine rings is 1. The average molecular weight is 956 g/mol. The molecular formula is C48H50ClF3N2O7S3. The van der Waals surface area contributed by atoms with Gasteiger partial charge in [0.05, 0.1) is 29.1 Å². The number of piperidine rings is 1. The lowest BCUT2D eigenvalue weighted by Crippen LogP contribution is -2.37. The van der Waals surface area contributed by atoms with Gasteiger partial charge in [0.2, 0.25) is 0 Å². The van der Waals surface area contributed by atoms with Crippen LogP contribution in [0.4, 0.5) is 18.9 Å². The molecule has 2 aliphatic rings. The summed E-state index contributed by atoms with van der Waals surface area (Å²) >= 11 is 7.61. The van der Waals surface area contributed by atoms with Crippen LogP contribution < -0.4 is 4.90 Å². The minimum absolute atomic E-state index is 0.00288. The molecule has 2 aliphatic heterocycles. The summed E-state index contributed by atoms with van der Waals surface area (Å²) in [4.78, 5) is 16.9. The fraction of sp³-hybridized carbons (Fsp3) is 0.354. The zero-order valence-electron chi connectivity index (χ0n) is 35.0. The smallest absolute Gasteiger partial charge is 0.388 e. The van der Waals surface area contributed by atoms with Crippen molar-refractivity contribution in [1.82, 2.24) is 4.90 Å². The van der Waals surface area contributed by atoms with Crippen LogP contribution in [0.15, 0.2) is 136 Å². The van der Waals surface area contributed by atoms with E-state index in [4.69, 9.17) is 16.3 Å². The molecular weight excluding hydrogens is 905 g/mol. The first kappa shape index (κ1) is 47.7. The first-order chi connectivity index (χ1) is 30.6. The summed E-state index contributed by atoms with van der Waals surface area (Å²) in [6.07, 6.45) is 1.21. The fourth-order valence-electron chi connectivity index (χ4n) is 8.32. The van der Waals surface area contributed by atoms with Crippen molar-refractivity contribution in [2.75, 3.05) is 62.3 Å². The zero-order valence-corrected chi connectivity index (χ0v) is 38.2. The van der Waals surface area contributed by atoms with E-state index in [1.807, 2.05) is 78.9 Å². The van der Waals surface area contributed by atoms with Crippen LogP contribution in [0.1, 0.15) is 46.9 Å². The van der Waals surface area contributed by atoms with Crippen LogP contribution in [0, 0.1) is 11.8 Å². The van der Waals surface area contributed by atoms with Gasteiger partial charge in [0, 0.05) is 53.1 Å². The predicted molar refractivity (Wildman–Crippen MR) is 246 cm³/mol. The lowest BCUT2D eigenvalue weighted by atomic mass is 9.84. The van der Waals surface area contributed by atoms with E-state index in [-0.39, 0.29) is 29.4 Å². The first-order valence-corrected chi connectivity index (χ1v) is 25.6. The number of anilines is 1. The van der Waals surface area contributed by atoms with Crippen LogP contribution in [-0.4, -0.2) is 95.6 Å². The standard InChI is InChI=1S/C48H50ClF3N2O7S3/c49-39-15-10-35(11-16-39)43-8-4-5-9-44(43)47(56)37-21-24-54(25-22-37)40-17-12-36(13-18-40)45(55)33-63(57,58)42-19-14-38(46(31-42)64(59,60)48(50,51)52)30-34(20-23-53-26-28-61-29-27-53)32-62-41-6-2-1-3-7-41/h1-19,31,34,37,47,56H,20-30,32-33H2/t34-,47-/m0/s1. The van der Waals surface area contributed by atoms with E-state index >= 15 is 0 Å². The Morgan fingerprint density at radius 3 is 2.16 bits per heavy atom. The number of rotatable bonds is 17. The maximum absolute atomic E-state index is 14.2. The summed E-state index contributed by atoms with van der Waals surface area (Å²) in [7, 11) is -10.6. The quantitative estimate of drug-likeness (QED) is 0.0713. The molecule has 5 aromatic rings. The van der Waals surface area contributed by atoms with Gasteiger partial charge >= 0.3 is 5.51 Å². The number of ether oxygens (including phenoxy) is 1. The number of carbonyl (C=O) groups is 1. The minimum atomic E-state index is -5.98. The Balaban J connectivity index is 1.02. The first-order valence-electron chi connectivity index (χ1n) is 21.2. The van der Waals surface area contributed by atoms with Gasteiger partial charge in [0.1, 0.15) is 5.75 Å². The fourth-order valence-corrected chi connectivity index (χ4v) is 11.9. The molecule has 0 unspecified atom stereocenters. The zero-order chi connectivity index (χ0) is 45.5. The number of alkyl halides is 3. The van der Waals surface area contributed by atoms with Crippen LogP contribution >= 0.6 is 23.4 Å². The van der Waals surface area contributed by atoms with Gasteiger partial charge in [-0.15, -0.1) is 11.8 Å². The van der Waals surface area contributed by atoms with E-state index in [1.165, 1.54) is 23.9 Å². The molecule has 0 amide bonds. The van der Waals surface area contributed by atoms with Gasteiger partial charge < -0.3 is 14.7 Å². The second kappa shape index (κ2) is 21.0. The average Bonchev–Trinajstić information content (AvgIpc) is 3.30. The van der Waals surface area contributed by atoms with E-state index in [9.17, 15) is 39.9 Å². The molecule has 0 bridgehead atoms. The number of aliphatic hydroxyl groups is 1. The van der Waals surface area contributed by atoms with Crippen molar-refractivity contribution in [3.05, 3.63) is 143 Å². The molecule has 16 heteroatoms. The Hall–Kier alpha value is -4.22. The minimum Gasteiger partial charge on any atom is -0.388 e. The summed E-state index contributed by atoms with van der Waals surface area (Å²) < 4.78 is 102. The molecule has 0 spiro atoms. The van der Waals surface area contributed by atoms with Crippen molar-refractivity contribution in [2.45, 2.75) is 52.0 Å². The van der Waals surface area contributed by atoms with Gasteiger partial charge in [-0.05, 0) is 127 Å². The van der Waals surface area contributed by atoms with E-state index < -0.39 is 52.6 Å². The maximum Gasteiger partial charge on any atom is 0.501 e. The van der Waals surface area contributed by atoms with Gasteiger partial charge in [-0.2, -0.15) is 13.2 Å². The largest absolute Gasteiger partial charge is 0.501 e. The number of halogens is 4. The number of aliphatic hydroxyl groups excluding tert-OH is 1. The van der Waals surface area contributed by atoms with Crippen molar-refractivity contribution < 1.29 is 44.6 Å². The molecule has 0 aliphatic carbocycles. The summed E-state index contributed by atoms with van der Waals surface area (Å²) in [5, 5.41) is 12.1. The van der Waals surface area contributed by atoms with Crippen molar-refractivity contribution in [3.8, 4) is 11.1 Å². The SMILES string of the molecule is O=C(CS(=O)(=O)c1ccc(C[C@H](CCN2CCOCC2)CSc2ccccc2)c(S(=O)(=O)C(F)(F)F)c1)c1ccc(N2CCC([C@H](O)c3ccccc3-c3ccc(Cl)cc3)CC2)cc1. The molecule has 0 radical (unpaired) electrons. The normalized spacial score (nSPS) is 16.7. The summed E-state index contributed by atoms with van der Waals surface area (Å²) in [6.45, 7) is 4.43. The van der Waals surface area contributed by atoms with Crippen LogP contribution in [0.25, 0.3) is 11.1 Å². The Kier molecular flexibility index (Phi) is 15.6. The molecule has 9 nitrogen and oxygen atoms in total. The number of benzene rings is 5. The Labute approximate surface area is 382 Å². The molecule has 2 atom stereocenters. The van der Waals surface area contributed by atoms with E-state index in [1.54, 1.807) is 12.1 Å². The number of sulfone groups is 2. The number of Topliss-reactive ketones (excluding diaryl/α,β-unsaturated/α-hetero) is 1. The highest BCUT2D eigenvalue weighted by Gasteiger charge is 2.48. The summed E-state index contributed by atoms with van der Waals surface area (Å²) in [5.74, 6) is -1.65. The molecule has 0 aromatic heterocycles.